The topological polar surface area (TPSA) is 88.8 Å². The van der Waals surface area contributed by atoms with Crippen LogP contribution < -0.4 is 5.32 Å². The van der Waals surface area contributed by atoms with Gasteiger partial charge in [-0.15, -0.1) is 10.2 Å². The number of nitrogens with one attached hydrogen (secondary N) is 1. The molecule has 2 aliphatic rings. The van der Waals surface area contributed by atoms with Crippen LogP contribution in [0.25, 0.3) is 23.2 Å². The number of phenols is 1. The molecule has 0 spiro atoms. The van der Waals surface area contributed by atoms with Gasteiger partial charge in [0.25, 0.3) is 0 Å². The zero-order valence-corrected chi connectivity index (χ0v) is 16.6. The number of piperidine rings is 1. The minimum Gasteiger partial charge on any atom is -0.507 e. The molecule has 7 heteroatoms. The van der Waals surface area contributed by atoms with Crippen molar-refractivity contribution in [2.75, 3.05) is 0 Å². The highest BCUT2D eigenvalue weighted by Crippen LogP contribution is 2.44. The molecule has 0 saturated carbocycles. The van der Waals surface area contributed by atoms with Gasteiger partial charge in [0, 0.05) is 29.5 Å². The maximum atomic E-state index is 10.4. The van der Waals surface area contributed by atoms with Gasteiger partial charge in [-0.05, 0) is 57.7 Å². The summed E-state index contributed by atoms with van der Waals surface area (Å²) in [5, 5.41) is 22.8. The van der Waals surface area contributed by atoms with Gasteiger partial charge in [0.15, 0.2) is 5.82 Å². The summed E-state index contributed by atoms with van der Waals surface area (Å²) in [5.41, 5.74) is 3.89. The van der Waals surface area contributed by atoms with Crippen molar-refractivity contribution in [1.82, 2.24) is 30.0 Å². The maximum Gasteiger partial charge on any atom is 0.185 e. The lowest BCUT2D eigenvalue weighted by molar-refractivity contribution is 0.282. The Morgan fingerprint density at radius 3 is 2.55 bits per heavy atom. The van der Waals surface area contributed by atoms with E-state index in [0.717, 1.165) is 24.2 Å². The third-order valence-electron chi connectivity index (χ3n) is 6.02. The fourth-order valence-corrected chi connectivity index (χ4v) is 4.80. The molecule has 0 radical (unpaired) electrons. The third-order valence-corrected chi connectivity index (χ3v) is 6.02. The zero-order valence-electron chi connectivity index (χ0n) is 16.6. The predicted molar refractivity (Wildman–Crippen MR) is 110 cm³/mol. The zero-order chi connectivity index (χ0) is 20.1. The minimum absolute atomic E-state index is 0.111. The van der Waals surface area contributed by atoms with Crippen LogP contribution in [-0.2, 0) is 0 Å². The molecule has 4 heterocycles. The van der Waals surface area contributed by atoms with Crippen LogP contribution in [-0.4, -0.2) is 40.9 Å². The normalized spacial score (nSPS) is 27.4. The molecule has 0 aliphatic carbocycles. The second-order valence-corrected chi connectivity index (χ2v) is 8.78. The third kappa shape index (κ3) is 3.42. The van der Waals surface area contributed by atoms with Crippen molar-refractivity contribution in [1.29, 1.82) is 0 Å². The minimum atomic E-state index is 0.111. The molecule has 2 N–H and O–H groups in total. The number of benzene rings is 1. The summed E-state index contributed by atoms with van der Waals surface area (Å²) in [4.78, 5) is 8.47. The van der Waals surface area contributed by atoms with E-state index in [1.165, 1.54) is 18.4 Å². The molecular weight excluding hydrogens is 364 g/mol. The Kier molecular flexibility index (Phi) is 4.03. The summed E-state index contributed by atoms with van der Waals surface area (Å²) in [6.07, 6.45) is 13.5. The predicted octanol–water partition coefficient (Wildman–Crippen LogP) is 3.51. The first kappa shape index (κ1) is 18.0. The van der Waals surface area contributed by atoms with Crippen LogP contribution in [0.4, 0.5) is 0 Å². The summed E-state index contributed by atoms with van der Waals surface area (Å²) in [6.45, 7) is 4.60. The van der Waals surface area contributed by atoms with Crippen molar-refractivity contribution >= 4 is 6.08 Å². The summed E-state index contributed by atoms with van der Waals surface area (Å²) in [7, 11) is 0. The molecule has 2 aliphatic heterocycles. The molecule has 2 bridgehead atoms. The summed E-state index contributed by atoms with van der Waals surface area (Å²) < 4.78 is 1.82. The quantitative estimate of drug-likeness (QED) is 0.714. The van der Waals surface area contributed by atoms with Crippen LogP contribution in [0, 0.1) is 0 Å². The second-order valence-electron chi connectivity index (χ2n) is 8.78. The number of phenolic OH excluding ortho intramolecular Hbond substituents is 1. The van der Waals surface area contributed by atoms with Crippen LogP contribution in [0.3, 0.4) is 0 Å². The van der Waals surface area contributed by atoms with Gasteiger partial charge >= 0.3 is 0 Å². The van der Waals surface area contributed by atoms with Crippen molar-refractivity contribution in [2.24, 2.45) is 0 Å². The lowest BCUT2D eigenvalue weighted by Crippen LogP contribution is -2.51. The van der Waals surface area contributed by atoms with Gasteiger partial charge in [-0.3, -0.25) is 0 Å². The molecule has 2 fully saturated rings. The summed E-state index contributed by atoms with van der Waals surface area (Å²) >= 11 is 0. The van der Waals surface area contributed by atoms with Crippen LogP contribution in [0.2, 0.25) is 0 Å². The smallest absolute Gasteiger partial charge is 0.185 e. The Balaban J connectivity index is 1.38. The van der Waals surface area contributed by atoms with E-state index in [1.54, 1.807) is 30.9 Å². The van der Waals surface area contributed by atoms with Crippen molar-refractivity contribution in [2.45, 2.75) is 50.6 Å². The molecule has 0 amide bonds. The van der Waals surface area contributed by atoms with Gasteiger partial charge in [0.1, 0.15) is 11.4 Å². The molecule has 0 unspecified atom stereocenters. The van der Waals surface area contributed by atoms with Crippen molar-refractivity contribution in [3.63, 3.8) is 0 Å². The fourth-order valence-electron chi connectivity index (χ4n) is 4.80. The first-order valence-electron chi connectivity index (χ1n) is 9.92. The van der Waals surface area contributed by atoms with Gasteiger partial charge in [-0.25, -0.2) is 9.97 Å². The SMILES string of the molecule is C[C@]12CC[C@](C)(C/C(=C/c3cnc(-c4ccc(-n5ccnc5)cc4O)nn3)C1)N2. The summed E-state index contributed by atoms with van der Waals surface area (Å²) in [5.74, 6) is 0.519. The molecule has 2 aromatic heterocycles. The van der Waals surface area contributed by atoms with Crippen molar-refractivity contribution < 1.29 is 5.11 Å². The lowest BCUT2D eigenvalue weighted by atomic mass is 9.84. The average Bonchev–Trinajstić information content (AvgIpc) is 3.28. The first-order valence-corrected chi connectivity index (χ1v) is 9.92. The molecular formula is C22H24N6O. The number of aromatic hydroxyl groups is 1. The van der Waals surface area contributed by atoms with Crippen LogP contribution in [0.1, 0.15) is 45.2 Å². The average molecular weight is 388 g/mol. The van der Waals surface area contributed by atoms with Gasteiger partial charge in [0.2, 0.25) is 0 Å². The van der Waals surface area contributed by atoms with Crippen molar-refractivity contribution in [3.05, 3.63) is 54.4 Å². The lowest BCUT2D eigenvalue weighted by Gasteiger charge is -2.38. The van der Waals surface area contributed by atoms with Crippen LogP contribution in [0.5, 0.6) is 5.75 Å². The highest BCUT2D eigenvalue weighted by Gasteiger charge is 2.46. The Bertz CT molecular complexity index is 1060. The van der Waals surface area contributed by atoms with Gasteiger partial charge in [-0.2, -0.15) is 0 Å². The highest BCUT2D eigenvalue weighted by molar-refractivity contribution is 5.66. The van der Waals surface area contributed by atoms with E-state index in [0.29, 0.717) is 11.4 Å². The van der Waals surface area contributed by atoms with Crippen molar-refractivity contribution in [3.8, 4) is 22.8 Å². The van der Waals surface area contributed by atoms with E-state index in [1.807, 2.05) is 16.8 Å². The van der Waals surface area contributed by atoms with E-state index in [4.69, 9.17) is 0 Å². The van der Waals surface area contributed by atoms with E-state index in [-0.39, 0.29) is 16.8 Å². The van der Waals surface area contributed by atoms with E-state index >= 15 is 0 Å². The standard InChI is InChI=1S/C22H24N6O/c1-21-5-6-22(2,27-21)12-15(11-21)9-16-13-24-20(26-25-16)18-4-3-17(10-19(18)29)28-8-7-23-14-28/h3-4,7-10,13-14,27,29H,5-6,11-12H2,1-2H3/b15-9-/t21-,22+/m1/s1. The number of fused-ring (bicyclic) bond motifs is 2. The van der Waals surface area contributed by atoms with Crippen LogP contribution >= 0.6 is 0 Å². The monoisotopic (exact) mass is 388 g/mol. The first-order chi connectivity index (χ1) is 13.9. The van der Waals surface area contributed by atoms with E-state index in [2.05, 4.69) is 45.4 Å². The largest absolute Gasteiger partial charge is 0.507 e. The highest BCUT2D eigenvalue weighted by atomic mass is 16.3. The van der Waals surface area contributed by atoms with Gasteiger partial charge < -0.3 is 15.0 Å². The van der Waals surface area contributed by atoms with E-state index in [9.17, 15) is 5.11 Å². The Labute approximate surface area is 169 Å². The number of imidazole rings is 1. The number of rotatable bonds is 3. The Morgan fingerprint density at radius 1 is 1.14 bits per heavy atom. The Hall–Kier alpha value is -3.06. The molecule has 2 atom stereocenters. The summed E-state index contributed by atoms with van der Waals surface area (Å²) in [6, 6.07) is 5.36. The molecule has 29 heavy (non-hydrogen) atoms. The van der Waals surface area contributed by atoms with Gasteiger partial charge in [0.05, 0.1) is 23.8 Å². The molecule has 1 aromatic carbocycles. The molecule has 3 aromatic rings. The van der Waals surface area contributed by atoms with Gasteiger partial charge in [-0.1, -0.05) is 5.57 Å². The molecule has 148 valence electrons. The number of aromatic nitrogens is 5. The van der Waals surface area contributed by atoms with Crippen LogP contribution in [0.15, 0.2) is 48.7 Å². The number of hydrogen-bond donors (Lipinski definition) is 2. The molecule has 5 rings (SSSR count). The molecule has 2 saturated heterocycles. The second kappa shape index (κ2) is 6.49. The number of nitrogens with zero attached hydrogens (tertiary/aromatic N) is 5. The maximum absolute atomic E-state index is 10.4. The van der Waals surface area contributed by atoms with E-state index < -0.39 is 0 Å². The Morgan fingerprint density at radius 2 is 1.93 bits per heavy atom. The molecule has 7 nitrogen and oxygen atoms in total. The fraction of sp³-hybridized carbons (Fsp3) is 0.364. The number of hydrogen-bond acceptors (Lipinski definition) is 6.